The van der Waals surface area contributed by atoms with Crippen molar-refractivity contribution in [3.8, 4) is 33.9 Å². The molecule has 0 aliphatic rings. The Morgan fingerprint density at radius 2 is 1.52 bits per heavy atom. The zero-order valence-corrected chi connectivity index (χ0v) is 18.1. The lowest BCUT2D eigenvalue weighted by atomic mass is 9.99. The number of imidazole rings is 1. The highest BCUT2D eigenvalue weighted by Crippen LogP contribution is 2.38. The molecule has 148 valence electrons. The molecule has 0 aliphatic carbocycles. The molecule has 6 aromatic rings. The minimum Gasteiger partial charge on any atom is -0.360 e. The molecule has 4 aromatic carbocycles. The number of aromatic amines is 2. The second-order valence-electron chi connectivity index (χ2n) is 7.59. The molecule has 0 bridgehead atoms. The van der Waals surface area contributed by atoms with Crippen molar-refractivity contribution in [3.05, 3.63) is 102 Å². The van der Waals surface area contributed by atoms with Gasteiger partial charge in [-0.25, -0.2) is 4.98 Å². The van der Waals surface area contributed by atoms with E-state index in [0.717, 1.165) is 49.3 Å². The van der Waals surface area contributed by atoms with Gasteiger partial charge in [0.05, 0.1) is 11.4 Å². The molecule has 0 spiro atoms. The maximum Gasteiger partial charge on any atom is 0.140 e. The summed E-state index contributed by atoms with van der Waals surface area (Å²) in [5.74, 6) is 0.853. The van der Waals surface area contributed by atoms with Gasteiger partial charge >= 0.3 is 0 Å². The normalized spacial score (nSPS) is 11.4. The topological polar surface area (TPSA) is 44.5 Å². The number of rotatable bonds is 3. The van der Waals surface area contributed by atoms with Crippen LogP contribution in [0.5, 0.6) is 0 Å². The van der Waals surface area contributed by atoms with Crippen LogP contribution in [0.3, 0.4) is 0 Å². The lowest BCUT2D eigenvalue weighted by Gasteiger charge is -2.07. The minimum absolute atomic E-state index is 0.853. The molecule has 0 saturated carbocycles. The fourth-order valence-electron chi connectivity index (χ4n) is 4.23. The van der Waals surface area contributed by atoms with Crippen molar-refractivity contribution in [1.82, 2.24) is 15.0 Å². The van der Waals surface area contributed by atoms with E-state index in [-0.39, 0.29) is 0 Å². The number of hydrogen-bond acceptors (Lipinski definition) is 1. The highest BCUT2D eigenvalue weighted by molar-refractivity contribution is 9.10. The Labute approximate surface area is 187 Å². The van der Waals surface area contributed by atoms with Crippen LogP contribution in [0.25, 0.3) is 55.6 Å². The third-order valence-electron chi connectivity index (χ3n) is 5.71. The van der Waals surface area contributed by atoms with E-state index in [9.17, 15) is 0 Å². The number of aromatic nitrogens is 3. The van der Waals surface area contributed by atoms with Crippen LogP contribution >= 0.6 is 15.9 Å². The lowest BCUT2D eigenvalue weighted by molar-refractivity contribution is 1.31. The van der Waals surface area contributed by atoms with E-state index in [4.69, 9.17) is 4.98 Å². The summed E-state index contributed by atoms with van der Waals surface area (Å²) in [5, 5.41) is 3.55. The van der Waals surface area contributed by atoms with E-state index in [2.05, 4.69) is 105 Å². The van der Waals surface area contributed by atoms with Crippen LogP contribution in [-0.2, 0) is 0 Å². The first-order chi connectivity index (χ1) is 15.3. The number of hydrogen-bond donors (Lipinski definition) is 2. The molecule has 3 nitrogen and oxygen atoms in total. The summed E-state index contributed by atoms with van der Waals surface area (Å²) in [5.41, 5.74) is 6.37. The van der Waals surface area contributed by atoms with Gasteiger partial charge < -0.3 is 9.97 Å². The summed E-state index contributed by atoms with van der Waals surface area (Å²) in [6.07, 6.45) is 2.03. The van der Waals surface area contributed by atoms with Gasteiger partial charge in [0.2, 0.25) is 0 Å². The summed E-state index contributed by atoms with van der Waals surface area (Å²) in [6, 6.07) is 31.5. The quantitative estimate of drug-likeness (QED) is 0.276. The predicted octanol–water partition coefficient (Wildman–Crippen LogP) is 7.81. The molecule has 0 amide bonds. The van der Waals surface area contributed by atoms with Gasteiger partial charge in [0.25, 0.3) is 0 Å². The highest BCUT2D eigenvalue weighted by atomic mass is 79.9. The Balaban J connectivity index is 1.64. The molecule has 0 fully saturated rings. The molecule has 2 N–H and O–H groups in total. The van der Waals surface area contributed by atoms with Crippen LogP contribution in [0.15, 0.2) is 102 Å². The molecule has 6 rings (SSSR count). The van der Waals surface area contributed by atoms with Crippen LogP contribution in [-0.4, -0.2) is 15.0 Å². The van der Waals surface area contributed by atoms with Gasteiger partial charge in [-0.3, -0.25) is 0 Å². The number of fused-ring (bicyclic) bond motifs is 2. The van der Waals surface area contributed by atoms with E-state index in [0.29, 0.717) is 0 Å². The zero-order chi connectivity index (χ0) is 20.8. The van der Waals surface area contributed by atoms with Gasteiger partial charge in [-0.05, 0) is 29.0 Å². The molecule has 2 heterocycles. The number of halogens is 1. The largest absolute Gasteiger partial charge is 0.360 e. The Kier molecular flexibility index (Phi) is 4.25. The van der Waals surface area contributed by atoms with Gasteiger partial charge in [0, 0.05) is 38.3 Å². The molecule has 31 heavy (non-hydrogen) atoms. The van der Waals surface area contributed by atoms with Gasteiger partial charge in [-0.1, -0.05) is 88.7 Å². The minimum atomic E-state index is 0.853. The van der Waals surface area contributed by atoms with Crippen molar-refractivity contribution in [3.63, 3.8) is 0 Å². The second kappa shape index (κ2) is 7.25. The third-order valence-corrected chi connectivity index (χ3v) is 6.20. The van der Waals surface area contributed by atoms with Gasteiger partial charge in [0.1, 0.15) is 5.82 Å². The van der Waals surface area contributed by atoms with Crippen molar-refractivity contribution in [2.75, 3.05) is 0 Å². The number of nitrogens with zero attached hydrogens (tertiary/aromatic N) is 1. The van der Waals surface area contributed by atoms with E-state index < -0.39 is 0 Å². The molecule has 0 radical (unpaired) electrons. The second-order valence-corrected chi connectivity index (χ2v) is 8.51. The fraction of sp³-hybridized carbons (Fsp3) is 0. The summed E-state index contributed by atoms with van der Waals surface area (Å²) in [7, 11) is 0. The van der Waals surface area contributed by atoms with Crippen LogP contribution in [0, 0.1) is 0 Å². The summed E-state index contributed by atoms with van der Waals surface area (Å²) >= 11 is 3.60. The van der Waals surface area contributed by atoms with Crippen LogP contribution < -0.4 is 0 Å². The molecular formula is C27H18BrN3. The molecule has 2 aromatic heterocycles. The van der Waals surface area contributed by atoms with E-state index in [1.807, 2.05) is 18.3 Å². The van der Waals surface area contributed by atoms with Crippen LogP contribution in [0.4, 0.5) is 0 Å². The number of benzene rings is 4. The molecule has 0 aliphatic heterocycles. The van der Waals surface area contributed by atoms with Gasteiger partial charge in [-0.2, -0.15) is 0 Å². The van der Waals surface area contributed by atoms with E-state index >= 15 is 0 Å². The lowest BCUT2D eigenvalue weighted by Crippen LogP contribution is -1.85. The van der Waals surface area contributed by atoms with Gasteiger partial charge in [-0.15, -0.1) is 0 Å². The first kappa shape index (κ1) is 18.2. The number of H-pyrrole nitrogens is 2. The van der Waals surface area contributed by atoms with Gasteiger partial charge in [0.15, 0.2) is 0 Å². The molecule has 0 saturated heterocycles. The van der Waals surface area contributed by atoms with Crippen LogP contribution in [0.1, 0.15) is 0 Å². The van der Waals surface area contributed by atoms with E-state index in [1.165, 1.54) is 10.8 Å². The maximum absolute atomic E-state index is 5.10. The summed E-state index contributed by atoms with van der Waals surface area (Å²) in [4.78, 5) is 12.1. The van der Waals surface area contributed by atoms with Crippen LogP contribution in [0.2, 0.25) is 0 Å². The average Bonchev–Trinajstić information content (AvgIpc) is 3.43. The first-order valence-electron chi connectivity index (χ1n) is 10.2. The molecular weight excluding hydrogens is 446 g/mol. The van der Waals surface area contributed by atoms with Crippen molar-refractivity contribution in [2.45, 2.75) is 0 Å². The standard InChI is InChI=1S/C27H18BrN3/c28-19-13-14-24-22(15-19)23(16-29-24)27-30-25(18-8-2-1-3-9-18)26(31-27)21-12-6-10-17-7-4-5-11-20(17)21/h1-16,29H,(H,30,31). The summed E-state index contributed by atoms with van der Waals surface area (Å²) < 4.78 is 1.05. The molecule has 0 atom stereocenters. The Morgan fingerprint density at radius 1 is 0.710 bits per heavy atom. The zero-order valence-electron chi connectivity index (χ0n) is 16.6. The van der Waals surface area contributed by atoms with E-state index in [1.54, 1.807) is 0 Å². The predicted molar refractivity (Wildman–Crippen MR) is 132 cm³/mol. The monoisotopic (exact) mass is 463 g/mol. The van der Waals surface area contributed by atoms with Crippen molar-refractivity contribution >= 4 is 37.6 Å². The summed E-state index contributed by atoms with van der Waals surface area (Å²) in [6.45, 7) is 0. The van der Waals surface area contributed by atoms with Crippen molar-refractivity contribution in [1.29, 1.82) is 0 Å². The van der Waals surface area contributed by atoms with Crippen molar-refractivity contribution < 1.29 is 0 Å². The average molecular weight is 464 g/mol. The SMILES string of the molecule is Brc1ccc2[nH]cc(-c3nc(-c4ccccc4)c(-c4cccc5ccccc45)[nH]3)c2c1. The molecule has 4 heteroatoms. The smallest absolute Gasteiger partial charge is 0.140 e. The Bertz CT molecular complexity index is 1540. The molecule has 0 unspecified atom stereocenters. The van der Waals surface area contributed by atoms with Crippen molar-refractivity contribution in [2.24, 2.45) is 0 Å². The Morgan fingerprint density at radius 3 is 2.42 bits per heavy atom. The number of nitrogens with one attached hydrogen (secondary N) is 2. The first-order valence-corrected chi connectivity index (χ1v) is 11.0. The third kappa shape index (κ3) is 3.07. The maximum atomic E-state index is 5.10. The fourth-order valence-corrected chi connectivity index (χ4v) is 4.59. The highest BCUT2D eigenvalue weighted by Gasteiger charge is 2.18. The Hall–Kier alpha value is -3.63.